The quantitative estimate of drug-likeness (QED) is 0.913. The lowest BCUT2D eigenvalue weighted by Gasteiger charge is -2.09. The third kappa shape index (κ3) is 3.33. The number of carbonyl (C=O) groups is 1. The molecule has 0 aliphatic heterocycles. The van der Waals surface area contributed by atoms with Crippen molar-refractivity contribution in [3.05, 3.63) is 63.6 Å². The summed E-state index contributed by atoms with van der Waals surface area (Å²) < 4.78 is 32.7. The fraction of sp³-hybridized carbons (Fsp3) is 0.0714. The Bertz CT molecular complexity index is 639. The van der Waals surface area contributed by atoms with Crippen LogP contribution in [0.1, 0.15) is 15.9 Å². The number of carboxylic acid groups (broad SMARTS) is 1. The predicted octanol–water partition coefficient (Wildman–Crippen LogP) is 4.00. The standard InChI is InChI=1S/C14H9BrF2O3/c15-9-4-10(16)6-11(5-9)20-7-8-2-1-3-12(13(8)17)14(18)19/h1-6H,7H2,(H,18,19). The van der Waals surface area contributed by atoms with Crippen LogP contribution in [0.2, 0.25) is 0 Å². The van der Waals surface area contributed by atoms with Gasteiger partial charge in [0.25, 0.3) is 0 Å². The van der Waals surface area contributed by atoms with Gasteiger partial charge in [0.05, 0.1) is 5.56 Å². The molecule has 0 fully saturated rings. The molecule has 0 bridgehead atoms. The van der Waals surface area contributed by atoms with Crippen LogP contribution in [0.4, 0.5) is 8.78 Å². The summed E-state index contributed by atoms with van der Waals surface area (Å²) in [6.45, 7) is -0.192. The molecule has 0 aromatic heterocycles. The van der Waals surface area contributed by atoms with Gasteiger partial charge < -0.3 is 9.84 Å². The van der Waals surface area contributed by atoms with Gasteiger partial charge in [-0.05, 0) is 18.2 Å². The maximum absolute atomic E-state index is 13.8. The van der Waals surface area contributed by atoms with Crippen LogP contribution in [-0.2, 0) is 6.61 Å². The van der Waals surface area contributed by atoms with Crippen LogP contribution < -0.4 is 4.74 Å². The number of rotatable bonds is 4. The van der Waals surface area contributed by atoms with Gasteiger partial charge >= 0.3 is 5.97 Å². The largest absolute Gasteiger partial charge is 0.489 e. The Kier molecular flexibility index (Phi) is 4.34. The molecule has 0 atom stereocenters. The summed E-state index contributed by atoms with van der Waals surface area (Å²) in [7, 11) is 0. The maximum atomic E-state index is 13.8. The first-order valence-electron chi connectivity index (χ1n) is 5.57. The fourth-order valence-corrected chi connectivity index (χ4v) is 2.07. The van der Waals surface area contributed by atoms with Crippen LogP contribution in [0.5, 0.6) is 5.75 Å². The molecule has 0 saturated heterocycles. The lowest BCUT2D eigenvalue weighted by Crippen LogP contribution is -2.06. The number of halogens is 3. The van der Waals surface area contributed by atoms with Crippen LogP contribution in [0.15, 0.2) is 40.9 Å². The van der Waals surface area contributed by atoms with Crippen molar-refractivity contribution in [2.45, 2.75) is 6.61 Å². The topological polar surface area (TPSA) is 46.5 Å². The molecule has 1 N–H and O–H groups in total. The van der Waals surface area contributed by atoms with Crippen LogP contribution in [0.3, 0.4) is 0 Å². The Morgan fingerprint density at radius 3 is 2.65 bits per heavy atom. The molecule has 2 rings (SSSR count). The Morgan fingerprint density at radius 1 is 1.25 bits per heavy atom. The summed E-state index contributed by atoms with van der Waals surface area (Å²) in [6.07, 6.45) is 0. The lowest BCUT2D eigenvalue weighted by atomic mass is 10.1. The number of ether oxygens (including phenoxy) is 1. The van der Waals surface area contributed by atoms with Crippen molar-refractivity contribution >= 4 is 21.9 Å². The third-order valence-electron chi connectivity index (χ3n) is 2.54. The number of benzene rings is 2. The SMILES string of the molecule is O=C(O)c1cccc(COc2cc(F)cc(Br)c2)c1F. The average Bonchev–Trinajstić information content (AvgIpc) is 2.36. The van der Waals surface area contributed by atoms with Gasteiger partial charge in [0.15, 0.2) is 0 Å². The Morgan fingerprint density at radius 2 is 2.00 bits per heavy atom. The van der Waals surface area contributed by atoms with Crippen LogP contribution in [0, 0.1) is 11.6 Å². The molecule has 0 spiro atoms. The highest BCUT2D eigenvalue weighted by Gasteiger charge is 2.14. The highest BCUT2D eigenvalue weighted by molar-refractivity contribution is 9.10. The van der Waals surface area contributed by atoms with Gasteiger partial charge in [-0.3, -0.25) is 0 Å². The molecule has 0 amide bonds. The minimum atomic E-state index is -1.35. The van der Waals surface area contributed by atoms with Gasteiger partial charge in [0, 0.05) is 16.1 Å². The van der Waals surface area contributed by atoms with Crippen molar-refractivity contribution in [3.8, 4) is 5.75 Å². The van der Waals surface area contributed by atoms with E-state index in [0.29, 0.717) is 4.47 Å². The molecule has 0 saturated carbocycles. The summed E-state index contributed by atoms with van der Waals surface area (Å²) in [5, 5.41) is 8.81. The molecule has 0 heterocycles. The minimum Gasteiger partial charge on any atom is -0.489 e. The predicted molar refractivity (Wildman–Crippen MR) is 71.8 cm³/mol. The second-order valence-electron chi connectivity index (χ2n) is 3.98. The lowest BCUT2D eigenvalue weighted by molar-refractivity contribution is 0.0691. The molecule has 6 heteroatoms. The Labute approximate surface area is 121 Å². The van der Waals surface area contributed by atoms with E-state index in [-0.39, 0.29) is 17.9 Å². The highest BCUT2D eigenvalue weighted by atomic mass is 79.9. The van der Waals surface area contributed by atoms with Gasteiger partial charge in [0.2, 0.25) is 0 Å². The molecule has 0 radical (unpaired) electrons. The number of aromatic carboxylic acids is 1. The van der Waals surface area contributed by atoms with Crippen LogP contribution in [-0.4, -0.2) is 11.1 Å². The van der Waals surface area contributed by atoms with Crippen molar-refractivity contribution in [2.24, 2.45) is 0 Å². The summed E-state index contributed by atoms with van der Waals surface area (Å²) in [5.74, 6) is -2.47. The molecule has 0 aliphatic rings. The zero-order chi connectivity index (χ0) is 14.7. The Hall–Kier alpha value is -1.95. The van der Waals surface area contributed by atoms with Crippen molar-refractivity contribution in [1.29, 1.82) is 0 Å². The van der Waals surface area contributed by atoms with Crippen LogP contribution in [0.25, 0.3) is 0 Å². The monoisotopic (exact) mass is 342 g/mol. The van der Waals surface area contributed by atoms with E-state index < -0.39 is 23.2 Å². The fourth-order valence-electron chi connectivity index (χ4n) is 1.63. The van der Waals surface area contributed by atoms with E-state index in [4.69, 9.17) is 9.84 Å². The zero-order valence-corrected chi connectivity index (χ0v) is 11.7. The third-order valence-corrected chi connectivity index (χ3v) is 3.00. The summed E-state index contributed by atoms with van der Waals surface area (Å²) in [4.78, 5) is 10.8. The summed E-state index contributed by atoms with van der Waals surface area (Å²) >= 11 is 3.11. The van der Waals surface area contributed by atoms with E-state index in [0.717, 1.165) is 6.07 Å². The van der Waals surface area contributed by atoms with Gasteiger partial charge in [-0.25, -0.2) is 13.6 Å². The zero-order valence-electron chi connectivity index (χ0n) is 10.1. The van der Waals surface area contributed by atoms with Crippen LogP contribution >= 0.6 is 15.9 Å². The van der Waals surface area contributed by atoms with Crippen molar-refractivity contribution in [1.82, 2.24) is 0 Å². The van der Waals surface area contributed by atoms with E-state index in [9.17, 15) is 13.6 Å². The number of carboxylic acids is 1. The maximum Gasteiger partial charge on any atom is 0.338 e. The first-order chi connectivity index (χ1) is 9.47. The van der Waals surface area contributed by atoms with Gasteiger partial charge in [0.1, 0.15) is 24.0 Å². The molecular formula is C14H9BrF2O3. The first-order valence-corrected chi connectivity index (χ1v) is 6.36. The second kappa shape index (κ2) is 6.00. The van der Waals surface area contributed by atoms with E-state index in [2.05, 4.69) is 15.9 Å². The summed E-state index contributed by atoms with van der Waals surface area (Å²) in [6, 6.07) is 7.95. The first kappa shape index (κ1) is 14.5. The van der Waals surface area contributed by atoms with Crippen molar-refractivity contribution in [3.63, 3.8) is 0 Å². The number of hydrogen-bond donors (Lipinski definition) is 1. The normalized spacial score (nSPS) is 10.3. The van der Waals surface area contributed by atoms with Gasteiger partial charge in [-0.2, -0.15) is 0 Å². The second-order valence-corrected chi connectivity index (χ2v) is 4.89. The molecule has 3 nitrogen and oxygen atoms in total. The van der Waals surface area contributed by atoms with Gasteiger partial charge in [-0.1, -0.05) is 28.1 Å². The Balaban J connectivity index is 2.19. The van der Waals surface area contributed by atoms with Crippen molar-refractivity contribution < 1.29 is 23.4 Å². The van der Waals surface area contributed by atoms with E-state index in [1.54, 1.807) is 0 Å². The number of hydrogen-bond acceptors (Lipinski definition) is 2. The summed E-state index contributed by atoms with van der Waals surface area (Å²) in [5.41, 5.74) is -0.336. The van der Waals surface area contributed by atoms with Gasteiger partial charge in [-0.15, -0.1) is 0 Å². The van der Waals surface area contributed by atoms with E-state index in [1.807, 2.05) is 0 Å². The molecule has 20 heavy (non-hydrogen) atoms. The minimum absolute atomic E-state index is 0.0882. The van der Waals surface area contributed by atoms with E-state index in [1.165, 1.54) is 30.3 Å². The average molecular weight is 343 g/mol. The molecular weight excluding hydrogens is 334 g/mol. The van der Waals surface area contributed by atoms with E-state index >= 15 is 0 Å². The molecule has 2 aromatic rings. The molecule has 2 aromatic carbocycles. The molecule has 104 valence electrons. The van der Waals surface area contributed by atoms with Crippen molar-refractivity contribution in [2.75, 3.05) is 0 Å². The smallest absolute Gasteiger partial charge is 0.338 e. The molecule has 0 unspecified atom stereocenters. The molecule has 0 aliphatic carbocycles. The highest BCUT2D eigenvalue weighted by Crippen LogP contribution is 2.22.